The Bertz CT molecular complexity index is 909. The minimum atomic E-state index is -3.67. The van der Waals surface area contributed by atoms with Crippen LogP contribution in [0, 0.1) is 0 Å². The second kappa shape index (κ2) is 7.81. The summed E-state index contributed by atoms with van der Waals surface area (Å²) in [6, 6.07) is 9.67. The Labute approximate surface area is 147 Å². The van der Waals surface area contributed by atoms with Crippen molar-refractivity contribution in [3.8, 4) is 0 Å². The van der Waals surface area contributed by atoms with Crippen LogP contribution in [0.3, 0.4) is 0 Å². The van der Waals surface area contributed by atoms with Crippen LogP contribution in [0.4, 0.5) is 11.5 Å². The highest BCUT2D eigenvalue weighted by molar-refractivity contribution is 7.92. The van der Waals surface area contributed by atoms with E-state index in [2.05, 4.69) is 15.0 Å². The van der Waals surface area contributed by atoms with E-state index in [0.717, 1.165) is 11.3 Å². The maximum Gasteiger partial charge on any atom is 0.238 e. The van der Waals surface area contributed by atoms with Crippen LogP contribution in [0.25, 0.3) is 0 Å². The summed E-state index contributed by atoms with van der Waals surface area (Å²) in [4.78, 5) is 4.12. The summed E-state index contributed by atoms with van der Waals surface area (Å²) in [6.45, 7) is 2.16. The summed E-state index contributed by atoms with van der Waals surface area (Å²) in [5.41, 5.74) is 1.71. The Morgan fingerprint density at radius 1 is 1.04 bits per heavy atom. The Morgan fingerprint density at radius 2 is 1.72 bits per heavy atom. The van der Waals surface area contributed by atoms with E-state index < -0.39 is 20.0 Å². The van der Waals surface area contributed by atoms with E-state index >= 15 is 0 Å². The van der Waals surface area contributed by atoms with Gasteiger partial charge in [-0.3, -0.25) is 4.72 Å². The molecule has 0 saturated heterocycles. The minimum absolute atomic E-state index is 0.0150. The highest BCUT2D eigenvalue weighted by Crippen LogP contribution is 2.12. The predicted molar refractivity (Wildman–Crippen MR) is 97.3 cm³/mol. The number of nitrogens with zero attached hydrogens (tertiary/aromatic N) is 1. The Kier molecular flexibility index (Phi) is 5.98. The first-order valence-electron chi connectivity index (χ1n) is 7.52. The number of primary sulfonamides is 1. The largest absolute Gasteiger partial charge is 0.383 e. The molecule has 0 bridgehead atoms. The lowest BCUT2D eigenvalue weighted by Gasteiger charge is -2.08. The highest BCUT2D eigenvalue weighted by atomic mass is 32.2. The van der Waals surface area contributed by atoms with Crippen LogP contribution >= 0.6 is 0 Å². The number of nitrogens with two attached hydrogens (primary N) is 1. The van der Waals surface area contributed by atoms with Crippen LogP contribution in [0.5, 0.6) is 0 Å². The average molecular weight is 384 g/mol. The van der Waals surface area contributed by atoms with Crippen molar-refractivity contribution in [2.75, 3.05) is 22.3 Å². The maximum atomic E-state index is 11.5. The average Bonchev–Trinajstić information content (AvgIpc) is 2.56. The molecule has 0 aliphatic carbocycles. The number of sulfonamides is 2. The molecule has 0 aliphatic heterocycles. The molecule has 0 unspecified atom stereocenters. The second-order valence-corrected chi connectivity index (χ2v) is 8.88. The first-order valence-corrected chi connectivity index (χ1v) is 10.7. The molecule has 0 amide bonds. The maximum absolute atomic E-state index is 11.5. The molecule has 1 heterocycles. The molecule has 25 heavy (non-hydrogen) atoms. The third-order valence-electron chi connectivity index (χ3n) is 3.40. The van der Waals surface area contributed by atoms with Gasteiger partial charge in [-0.05, 0) is 43.2 Å². The van der Waals surface area contributed by atoms with Gasteiger partial charge >= 0.3 is 0 Å². The third-order valence-corrected chi connectivity index (χ3v) is 5.61. The van der Waals surface area contributed by atoms with Gasteiger partial charge in [0, 0.05) is 6.54 Å². The smallest absolute Gasteiger partial charge is 0.238 e. The van der Waals surface area contributed by atoms with Crippen LogP contribution < -0.4 is 15.2 Å². The molecule has 1 aromatic heterocycles. The molecule has 2 aromatic rings. The normalized spacial score (nSPS) is 11.9. The van der Waals surface area contributed by atoms with Gasteiger partial charge in [0.1, 0.15) is 5.82 Å². The van der Waals surface area contributed by atoms with Crippen LogP contribution in [0.1, 0.15) is 12.5 Å². The van der Waals surface area contributed by atoms with E-state index in [1.807, 2.05) is 0 Å². The van der Waals surface area contributed by atoms with Crippen molar-refractivity contribution < 1.29 is 16.8 Å². The van der Waals surface area contributed by atoms with Crippen molar-refractivity contribution in [3.05, 3.63) is 48.2 Å². The van der Waals surface area contributed by atoms with Crippen LogP contribution in [0.2, 0.25) is 0 Å². The molecule has 0 saturated carbocycles. The van der Waals surface area contributed by atoms with Gasteiger partial charge < -0.3 is 5.32 Å². The van der Waals surface area contributed by atoms with Gasteiger partial charge in [0.25, 0.3) is 0 Å². The van der Waals surface area contributed by atoms with Gasteiger partial charge in [0.15, 0.2) is 0 Å². The topological polar surface area (TPSA) is 131 Å². The zero-order valence-corrected chi connectivity index (χ0v) is 15.3. The van der Waals surface area contributed by atoms with Crippen molar-refractivity contribution in [2.24, 2.45) is 5.14 Å². The van der Waals surface area contributed by atoms with Gasteiger partial charge in [0.2, 0.25) is 20.0 Å². The summed E-state index contributed by atoms with van der Waals surface area (Å²) in [6.07, 6.45) is 2.22. The zero-order valence-electron chi connectivity index (χ0n) is 13.6. The van der Waals surface area contributed by atoms with Crippen LogP contribution in [-0.4, -0.2) is 34.1 Å². The number of hydrogen-bond acceptors (Lipinski definition) is 6. The van der Waals surface area contributed by atoms with Crippen molar-refractivity contribution in [1.29, 1.82) is 0 Å². The summed E-state index contributed by atoms with van der Waals surface area (Å²) in [5, 5.41) is 8.21. The molecule has 0 fully saturated rings. The summed E-state index contributed by atoms with van der Waals surface area (Å²) < 4.78 is 47.7. The Hall–Kier alpha value is -2.17. The standard InChI is InChI=1S/C15H20N4O4S2/c1-2-24(20,21)19-15-8-5-13(11-18-15)17-10-9-12-3-6-14(7-4-12)25(16,22)23/h3-8,11,17H,2,9-10H2,1H3,(H,18,19)(H2,16,22,23). The first-order chi connectivity index (χ1) is 11.7. The molecule has 0 aliphatic rings. The molecule has 4 N–H and O–H groups in total. The fourth-order valence-corrected chi connectivity index (χ4v) is 3.09. The third kappa shape index (κ3) is 6.00. The fourth-order valence-electron chi connectivity index (χ4n) is 1.99. The van der Waals surface area contributed by atoms with Crippen molar-refractivity contribution in [1.82, 2.24) is 4.98 Å². The van der Waals surface area contributed by atoms with Gasteiger partial charge in [-0.1, -0.05) is 12.1 Å². The molecular formula is C15H20N4O4S2. The molecule has 136 valence electrons. The van der Waals surface area contributed by atoms with E-state index in [0.29, 0.717) is 13.0 Å². The number of nitrogens with one attached hydrogen (secondary N) is 2. The summed E-state index contributed by atoms with van der Waals surface area (Å²) in [7, 11) is -7.01. The highest BCUT2D eigenvalue weighted by Gasteiger charge is 2.08. The van der Waals surface area contributed by atoms with Crippen molar-refractivity contribution in [3.63, 3.8) is 0 Å². The number of rotatable bonds is 8. The molecule has 2 rings (SSSR count). The van der Waals surface area contributed by atoms with E-state index in [-0.39, 0.29) is 16.5 Å². The lowest BCUT2D eigenvalue weighted by molar-refractivity contribution is 0.597. The predicted octanol–water partition coefficient (Wildman–Crippen LogP) is 1.15. The van der Waals surface area contributed by atoms with E-state index in [1.165, 1.54) is 18.3 Å². The molecule has 10 heteroatoms. The van der Waals surface area contributed by atoms with E-state index in [1.54, 1.807) is 31.2 Å². The quantitative estimate of drug-likeness (QED) is 0.625. The van der Waals surface area contributed by atoms with E-state index in [4.69, 9.17) is 5.14 Å². The number of hydrogen-bond donors (Lipinski definition) is 3. The van der Waals surface area contributed by atoms with Crippen LogP contribution in [-0.2, 0) is 26.5 Å². The van der Waals surface area contributed by atoms with E-state index in [9.17, 15) is 16.8 Å². The molecular weight excluding hydrogens is 364 g/mol. The summed E-state index contributed by atoms with van der Waals surface area (Å²) in [5.74, 6) is 0.254. The number of anilines is 2. The van der Waals surface area contributed by atoms with Gasteiger partial charge in [0.05, 0.1) is 22.5 Å². The number of benzene rings is 1. The minimum Gasteiger partial charge on any atom is -0.383 e. The molecule has 0 atom stereocenters. The SMILES string of the molecule is CCS(=O)(=O)Nc1ccc(NCCc2ccc(S(N)(=O)=O)cc2)cn1. The molecule has 8 nitrogen and oxygen atoms in total. The van der Waals surface area contributed by atoms with Gasteiger partial charge in [-0.2, -0.15) is 0 Å². The molecule has 1 aromatic carbocycles. The lowest BCUT2D eigenvalue weighted by atomic mass is 10.1. The fraction of sp³-hybridized carbons (Fsp3) is 0.267. The Morgan fingerprint density at radius 3 is 2.24 bits per heavy atom. The van der Waals surface area contributed by atoms with Crippen LogP contribution in [0.15, 0.2) is 47.5 Å². The van der Waals surface area contributed by atoms with Gasteiger partial charge in [-0.15, -0.1) is 0 Å². The molecule has 0 radical (unpaired) electrons. The number of pyridine rings is 1. The Balaban J connectivity index is 1.87. The second-order valence-electron chi connectivity index (χ2n) is 5.30. The van der Waals surface area contributed by atoms with Crippen molar-refractivity contribution >= 4 is 31.6 Å². The molecule has 0 spiro atoms. The summed E-state index contributed by atoms with van der Waals surface area (Å²) >= 11 is 0. The monoisotopic (exact) mass is 384 g/mol. The van der Waals surface area contributed by atoms with Crippen molar-refractivity contribution in [2.45, 2.75) is 18.2 Å². The zero-order chi connectivity index (χ0) is 18.5. The number of aromatic nitrogens is 1. The first kappa shape index (κ1) is 19.2. The van der Waals surface area contributed by atoms with Gasteiger partial charge in [-0.25, -0.2) is 27.0 Å². The lowest BCUT2D eigenvalue weighted by Crippen LogP contribution is -2.15.